The summed E-state index contributed by atoms with van der Waals surface area (Å²) in [7, 11) is 0. The maximum atomic E-state index is 13.2. The van der Waals surface area contributed by atoms with Gasteiger partial charge < -0.3 is 25.0 Å². The van der Waals surface area contributed by atoms with Crippen LogP contribution in [0.3, 0.4) is 0 Å². The topological polar surface area (TPSA) is 158 Å². The number of rotatable bonds is 6. The molecule has 14 heteroatoms. The molecule has 2 saturated heterocycles. The van der Waals surface area contributed by atoms with Gasteiger partial charge >= 0.3 is 5.76 Å². The zero-order valence-electron chi connectivity index (χ0n) is 24.4. The molecule has 0 spiro atoms. The number of hydrogen-bond donors (Lipinski definition) is 3. The number of aromatic amines is 1. The molecule has 2 aliphatic heterocycles. The van der Waals surface area contributed by atoms with E-state index in [1.165, 1.54) is 4.90 Å². The van der Waals surface area contributed by atoms with Crippen molar-refractivity contribution in [1.82, 2.24) is 15.0 Å². The van der Waals surface area contributed by atoms with E-state index in [0.29, 0.717) is 29.0 Å². The maximum absolute atomic E-state index is 13.2. The van der Waals surface area contributed by atoms with Crippen LogP contribution in [0.4, 0.5) is 11.4 Å². The quantitative estimate of drug-likeness (QED) is 0.257. The molecule has 2 atom stereocenters. The fraction of sp³-hybridized carbons (Fsp3) is 0.219. The van der Waals surface area contributed by atoms with Crippen LogP contribution in [0.5, 0.6) is 0 Å². The third-order valence-corrected chi connectivity index (χ3v) is 7.00. The van der Waals surface area contributed by atoms with E-state index in [-0.39, 0.29) is 58.4 Å². The molecule has 0 saturated carbocycles. The molecule has 2 aliphatic rings. The molecule has 46 heavy (non-hydrogen) atoms. The van der Waals surface area contributed by atoms with E-state index in [4.69, 9.17) is 4.74 Å². The average Bonchev–Trinajstić information content (AvgIpc) is 3.74. The van der Waals surface area contributed by atoms with Crippen molar-refractivity contribution in [3.8, 4) is 11.4 Å². The Balaban J connectivity index is 0.000000568. The van der Waals surface area contributed by atoms with Crippen molar-refractivity contribution >= 4 is 29.1 Å². The van der Waals surface area contributed by atoms with E-state index < -0.39 is 29.8 Å². The molecule has 246 valence electrons. The van der Waals surface area contributed by atoms with Gasteiger partial charge in [-0.3, -0.25) is 23.9 Å². The molecule has 1 aromatic heterocycles. The van der Waals surface area contributed by atoms with Crippen molar-refractivity contribution < 1.29 is 62.3 Å². The molecule has 3 N–H and O–H groups in total. The first-order valence-electron chi connectivity index (χ1n) is 14.0. The van der Waals surface area contributed by atoms with Crippen LogP contribution in [0.2, 0.25) is 0 Å². The summed E-state index contributed by atoms with van der Waals surface area (Å²) >= 11 is 0. The van der Waals surface area contributed by atoms with Crippen LogP contribution in [0.1, 0.15) is 28.8 Å². The fourth-order valence-corrected chi connectivity index (χ4v) is 4.74. The third kappa shape index (κ3) is 8.96. The normalized spacial score (nSPS) is 16.3. The summed E-state index contributed by atoms with van der Waals surface area (Å²) < 4.78 is 9.94. The first kappa shape index (κ1) is 36.3. The number of carbonyl (C=O) groups is 3. The second kappa shape index (κ2) is 16.9. The molecule has 3 amide bonds. The number of amides is 3. The Bertz CT molecular complexity index is 1660. The number of nitrogens with zero attached hydrogens (tertiary/aromatic N) is 3. The smallest absolute Gasteiger partial charge is 0.439 e. The van der Waals surface area contributed by atoms with Gasteiger partial charge in [0.05, 0.1) is 6.61 Å². The van der Waals surface area contributed by atoms with Crippen LogP contribution in [-0.4, -0.2) is 69.8 Å². The van der Waals surface area contributed by atoms with E-state index >= 15 is 0 Å². The number of likely N-dealkylation sites (tertiary alicyclic amines) is 1. The Morgan fingerprint density at radius 2 is 1.76 bits per heavy atom. The van der Waals surface area contributed by atoms with Crippen molar-refractivity contribution in [2.45, 2.75) is 25.0 Å². The number of ether oxygens (including phenoxy) is 1. The van der Waals surface area contributed by atoms with Crippen molar-refractivity contribution in [3.05, 3.63) is 114 Å². The minimum absolute atomic E-state index is 0. The summed E-state index contributed by atoms with van der Waals surface area (Å²) in [5, 5.41) is 16.8. The molecule has 6 rings (SSSR count). The largest absolute Gasteiger partial charge is 0.489 e. The van der Waals surface area contributed by atoms with Gasteiger partial charge in [-0.2, -0.15) is 31.0 Å². The predicted octanol–water partition coefficient (Wildman–Crippen LogP) is 3.02. The number of aliphatic hydroxyl groups excluding tert-OH is 1. The molecule has 3 aromatic carbocycles. The number of carbonyl (C=O) groups excluding carboxylic acids is 3. The van der Waals surface area contributed by atoms with Gasteiger partial charge in [0.25, 0.3) is 11.8 Å². The molecule has 4 aromatic rings. The Hall–Kier alpha value is -4.19. The van der Waals surface area contributed by atoms with Crippen molar-refractivity contribution in [1.29, 1.82) is 0 Å². The van der Waals surface area contributed by atoms with Gasteiger partial charge in [-0.05, 0) is 49.0 Å². The molecule has 0 aliphatic carbocycles. The number of benzene rings is 3. The summed E-state index contributed by atoms with van der Waals surface area (Å²) in [6, 6.07) is 22.9. The van der Waals surface area contributed by atoms with Gasteiger partial charge in [0.2, 0.25) is 5.91 Å². The minimum Gasteiger partial charge on any atom is -0.489 e. The monoisotopic (exact) mass is 715 g/mol. The zero-order chi connectivity index (χ0) is 31.1. The molecule has 12 nitrogen and oxygen atoms in total. The molecule has 2 radical (unpaired) electrons. The maximum Gasteiger partial charge on any atom is 0.439 e. The number of anilines is 2. The number of H-pyrrole nitrogens is 1. The first-order chi connectivity index (χ1) is 21.3. The molecule has 3 heterocycles. The number of aliphatic hydroxyl groups is 1. The van der Waals surface area contributed by atoms with Crippen LogP contribution in [-0.2, 0) is 47.9 Å². The zero-order valence-corrected chi connectivity index (χ0v) is 26.5. The summed E-state index contributed by atoms with van der Waals surface area (Å²) in [5.41, 5.74) is 2.90. The van der Waals surface area contributed by atoms with E-state index in [1.807, 2.05) is 36.9 Å². The van der Waals surface area contributed by atoms with Crippen LogP contribution in [0, 0.1) is 13.5 Å². The number of morpholine rings is 1. The van der Waals surface area contributed by atoms with Crippen molar-refractivity contribution in [2.75, 3.05) is 29.9 Å². The van der Waals surface area contributed by atoms with Crippen LogP contribution >= 0.6 is 0 Å². The molecular weight excluding hydrogens is 684 g/mol. The third-order valence-electron chi connectivity index (χ3n) is 7.00. The van der Waals surface area contributed by atoms with Gasteiger partial charge in [0.15, 0.2) is 18.0 Å². The number of nitrogens with one attached hydrogen (secondary N) is 2. The van der Waals surface area contributed by atoms with E-state index in [9.17, 15) is 24.3 Å². The Kier molecular flexibility index (Phi) is 13.4. The summed E-state index contributed by atoms with van der Waals surface area (Å²) in [6.07, 6.45) is -1.42. The first-order valence-corrected chi connectivity index (χ1v) is 14.0. The Morgan fingerprint density at radius 1 is 1.02 bits per heavy atom. The standard InChI is InChI=1S/C25H24N5O7.C7H7.2Co/c31-19(22(32)26-17-8-6-15(7-9-17)21-27-25(35)37-28-21)20-24(34)30(12-13-36-20)18-5-3-4-16(14-18)23(33)29-10-1-2-11-29;1-7-5-3-2-4-6-7;;/h3-10,14,19-20,31H,1-2,11-13H2,(H,26,32)(H,27,28,35);2-6H,1H2;;/q2*-1;;/t19-,20-;;;/m1.../s1. The van der Waals surface area contributed by atoms with Crippen LogP contribution in [0.15, 0.2) is 88.2 Å². The predicted molar refractivity (Wildman–Crippen MR) is 161 cm³/mol. The van der Waals surface area contributed by atoms with Gasteiger partial charge in [-0.25, -0.2) is 11.3 Å². The average molecular weight is 715 g/mol. The van der Waals surface area contributed by atoms with Gasteiger partial charge in [-0.1, -0.05) is 23.7 Å². The summed E-state index contributed by atoms with van der Waals surface area (Å²) in [4.78, 5) is 55.2. The van der Waals surface area contributed by atoms with Crippen molar-refractivity contribution in [3.63, 3.8) is 0 Å². The molecule has 0 bridgehead atoms. The summed E-state index contributed by atoms with van der Waals surface area (Å²) in [6.45, 7) is 6.55. The Labute approximate surface area is 285 Å². The van der Waals surface area contributed by atoms with Gasteiger partial charge in [0.1, 0.15) is 0 Å². The number of aromatic nitrogens is 2. The Morgan fingerprint density at radius 3 is 2.37 bits per heavy atom. The fourth-order valence-electron chi connectivity index (χ4n) is 4.74. The van der Waals surface area contributed by atoms with Gasteiger partial charge in [0, 0.05) is 62.6 Å². The molecule has 0 unspecified atom stereocenters. The van der Waals surface area contributed by atoms with E-state index in [2.05, 4.69) is 26.9 Å². The minimum atomic E-state index is -1.77. The second-order valence-corrected chi connectivity index (χ2v) is 10.1. The van der Waals surface area contributed by atoms with E-state index in [0.717, 1.165) is 18.4 Å². The molecular formula is C32H31Co2N5O7-2. The SMILES string of the molecule is O=C(Nc1ccc(-c2noc(=O)[nH]2)cc1)[C@H](O)[C@H]1OCCN(c2cccc(C(=O)N3[CH-]CCC3)c2)C1=O.[CH2-]c1ccccc1.[Co].[Co]. The van der Waals surface area contributed by atoms with Crippen molar-refractivity contribution in [2.24, 2.45) is 0 Å². The molecule has 2 fully saturated rings. The van der Waals surface area contributed by atoms with Crippen LogP contribution in [0.25, 0.3) is 11.4 Å². The number of hydrogen-bond acceptors (Lipinski definition) is 8. The van der Waals surface area contributed by atoms with E-state index in [1.54, 1.807) is 53.4 Å². The van der Waals surface area contributed by atoms with Crippen LogP contribution < -0.4 is 16.0 Å². The second-order valence-electron chi connectivity index (χ2n) is 10.1. The van der Waals surface area contributed by atoms with Gasteiger partial charge in [-0.15, -0.1) is 12.1 Å². The summed E-state index contributed by atoms with van der Waals surface area (Å²) in [5.74, 6) is -2.01.